The molecule has 0 aliphatic heterocycles. The smallest absolute Gasteiger partial charge is 0.0149 e. The average Bonchev–Trinajstić information content (AvgIpc) is 0. The van der Waals surface area contributed by atoms with Crippen molar-refractivity contribution in [2.24, 2.45) is 0 Å². The summed E-state index contributed by atoms with van der Waals surface area (Å²) >= 11 is 0. The van der Waals surface area contributed by atoms with Crippen LogP contribution >= 0.6 is 13.5 Å². The molecule has 0 spiro atoms. The predicted octanol–water partition coefficient (Wildman–Crippen LogP) is -2.26. The summed E-state index contributed by atoms with van der Waals surface area (Å²) in [5.41, 5.74) is 0. The molecule has 0 fully saturated rings. The molecule has 0 aromatic carbocycles. The summed E-state index contributed by atoms with van der Waals surface area (Å²) in [6, 6.07) is 0. The van der Waals surface area contributed by atoms with E-state index in [0.717, 1.165) is 0 Å². The van der Waals surface area contributed by atoms with Crippen LogP contribution in [-0.2, 0) is 17.1 Å². The van der Waals surface area contributed by atoms with Crippen molar-refractivity contribution in [3.05, 3.63) is 0 Å². The van der Waals surface area contributed by atoms with Crippen molar-refractivity contribution < 1.29 is 17.1 Å². The molecule has 0 N–H and O–H groups in total. The fraction of sp³-hybridized carbons (Fsp3) is 0. The second-order valence-electron chi connectivity index (χ2n) is 0. The van der Waals surface area contributed by atoms with E-state index in [1.807, 2.05) is 0 Å². The van der Waals surface area contributed by atoms with Crippen molar-refractivity contribution in [1.82, 2.24) is 0 Å². The molecule has 0 amide bonds. The monoisotopic (exact) mass is 211 g/mol. The van der Waals surface area contributed by atoms with E-state index < -0.39 is 0 Å². The Morgan fingerprint density at radius 3 is 1.00 bits per heavy atom. The summed E-state index contributed by atoms with van der Waals surface area (Å²) < 4.78 is 0. The van der Waals surface area contributed by atoms with E-state index in [0.29, 0.717) is 0 Å². The van der Waals surface area contributed by atoms with Gasteiger partial charge >= 0.3 is 17.1 Å². The molecule has 0 saturated carbocycles. The molecule has 4 heteroatoms. The summed E-state index contributed by atoms with van der Waals surface area (Å²) in [4.78, 5) is 0. The second-order valence-corrected chi connectivity index (χ2v) is 0. The molecule has 0 unspecified atom stereocenters. The number of rotatable bonds is 0. The van der Waals surface area contributed by atoms with Crippen LogP contribution in [0, 0.1) is 0 Å². The molecule has 4 heavy (non-hydrogen) atoms. The summed E-state index contributed by atoms with van der Waals surface area (Å²) in [5, 5.41) is 0. The van der Waals surface area contributed by atoms with Gasteiger partial charge in [-0.15, -0.1) is 0 Å². The molecule has 0 bridgehead atoms. The third-order valence-electron chi connectivity index (χ3n) is 0. The van der Waals surface area contributed by atoms with Crippen molar-refractivity contribution in [3.8, 4) is 0 Å². The van der Waals surface area contributed by atoms with E-state index in [-0.39, 0.29) is 58.6 Å². The van der Waals surface area contributed by atoms with Gasteiger partial charge in [0.2, 0.25) is 0 Å². The zero-order valence-electron chi connectivity index (χ0n) is 1.30. The summed E-state index contributed by atoms with van der Waals surface area (Å²) in [6.45, 7) is 0. The van der Waals surface area contributed by atoms with E-state index in [1.54, 1.807) is 0 Å². The van der Waals surface area contributed by atoms with Gasteiger partial charge in [-0.3, -0.25) is 0 Å². The normalized spacial score (nSPS) is 0. The van der Waals surface area contributed by atoms with Crippen molar-refractivity contribution >= 4 is 41.5 Å². The maximum atomic E-state index is 0. The van der Waals surface area contributed by atoms with Gasteiger partial charge in [0.15, 0.2) is 0 Å². The Bertz CT molecular complexity index is 8.00. The fourth-order valence-electron chi connectivity index (χ4n) is 0. The molecule has 0 saturated heterocycles. The van der Waals surface area contributed by atoms with Gasteiger partial charge in [-0.05, 0) is 11.0 Å². The first-order valence-electron chi connectivity index (χ1n) is 0. The topological polar surface area (TPSA) is 0 Å². The zero-order chi connectivity index (χ0) is 0. The van der Waals surface area contributed by atoms with Gasteiger partial charge in [-0.2, -0.15) is 13.5 Å². The third-order valence-corrected chi connectivity index (χ3v) is 0. The third kappa shape index (κ3) is 9.50. The van der Waals surface area contributed by atoms with Crippen molar-refractivity contribution in [3.63, 3.8) is 0 Å². The molecule has 0 aliphatic rings. The molecular formula is H8CuSSeSi. The minimum atomic E-state index is 0. The van der Waals surface area contributed by atoms with Gasteiger partial charge in [0.1, 0.15) is 0 Å². The number of hydrogen-bond acceptors (Lipinski definition) is 0. The Morgan fingerprint density at radius 1 is 1.00 bits per heavy atom. The van der Waals surface area contributed by atoms with Gasteiger partial charge < -0.3 is 0 Å². The first-order chi connectivity index (χ1) is 0. The van der Waals surface area contributed by atoms with Crippen LogP contribution in [0.25, 0.3) is 0 Å². The fourth-order valence-corrected chi connectivity index (χ4v) is 0. The van der Waals surface area contributed by atoms with Crippen LogP contribution in [0.4, 0.5) is 0 Å². The standard InChI is InChI=1S/Cu.H2S.H2Se.H4Si/h;2*1H2;1H4. The molecule has 0 nitrogen and oxygen atoms in total. The van der Waals surface area contributed by atoms with Crippen LogP contribution in [-0.4, -0.2) is 28.0 Å². The molecule has 0 atom stereocenters. The first-order valence-corrected chi connectivity index (χ1v) is 0. The molecule has 0 rings (SSSR count). The largest absolute Gasteiger partial charge is 0.0149 e. The van der Waals surface area contributed by atoms with Crippen LogP contribution in [0.1, 0.15) is 0 Å². The van der Waals surface area contributed by atoms with E-state index in [2.05, 4.69) is 0 Å². The van der Waals surface area contributed by atoms with Crippen LogP contribution in [0.5, 0.6) is 0 Å². The van der Waals surface area contributed by atoms with E-state index in [1.165, 1.54) is 0 Å². The minimum absolute atomic E-state index is 0. The maximum Gasteiger partial charge on any atom is -0.0149 e. The van der Waals surface area contributed by atoms with Crippen LogP contribution < -0.4 is 0 Å². The van der Waals surface area contributed by atoms with Crippen LogP contribution in [0.15, 0.2) is 0 Å². The Kier molecular flexibility index (Phi) is 268. The van der Waals surface area contributed by atoms with E-state index in [9.17, 15) is 0 Å². The maximum absolute atomic E-state index is 0. The van der Waals surface area contributed by atoms with Gasteiger partial charge in [0.05, 0.1) is 0 Å². The zero-order valence-corrected chi connectivity index (χ0v) is 5.34. The molecule has 1 radical (unpaired) electrons. The van der Waals surface area contributed by atoms with E-state index >= 15 is 0 Å². The molecule has 0 aliphatic carbocycles. The number of hydrogen-bond donors (Lipinski definition) is 0. The Balaban J connectivity index is 0. The summed E-state index contributed by atoms with van der Waals surface area (Å²) in [6.07, 6.45) is 0. The Labute approximate surface area is 58.5 Å². The Morgan fingerprint density at radius 2 is 1.00 bits per heavy atom. The van der Waals surface area contributed by atoms with E-state index in [4.69, 9.17) is 0 Å². The van der Waals surface area contributed by atoms with Gasteiger partial charge in [-0.25, -0.2) is 0 Å². The molecule has 35 valence electrons. The van der Waals surface area contributed by atoms with Crippen molar-refractivity contribution in [2.45, 2.75) is 0 Å². The Hall–Kier alpha value is 1.61. The van der Waals surface area contributed by atoms with Crippen molar-refractivity contribution in [2.75, 3.05) is 0 Å². The minimum Gasteiger partial charge on any atom is -0.0149 e. The molecular weight excluding hydrogens is 203 g/mol. The molecule has 0 aromatic rings. The van der Waals surface area contributed by atoms with Gasteiger partial charge in [-0.1, -0.05) is 0 Å². The average molecular weight is 211 g/mol. The summed E-state index contributed by atoms with van der Waals surface area (Å²) in [5.74, 6) is 0. The molecule has 0 aromatic heterocycles. The summed E-state index contributed by atoms with van der Waals surface area (Å²) in [7, 11) is 0. The predicted molar refractivity (Wildman–Crippen MR) is 30.3 cm³/mol. The van der Waals surface area contributed by atoms with Crippen molar-refractivity contribution in [1.29, 1.82) is 0 Å². The second kappa shape index (κ2) is 23.2. The van der Waals surface area contributed by atoms with Gasteiger partial charge in [0.25, 0.3) is 0 Å². The SMILES string of the molecule is S.[Cu].[SeH2].[SiH4]. The quantitative estimate of drug-likeness (QED) is 0.396. The van der Waals surface area contributed by atoms with Crippen LogP contribution in [0.2, 0.25) is 0 Å². The molecule has 0 heterocycles. The van der Waals surface area contributed by atoms with Crippen LogP contribution in [0.3, 0.4) is 0 Å². The van der Waals surface area contributed by atoms with Gasteiger partial charge in [0, 0.05) is 17.1 Å². The first kappa shape index (κ1) is 46.1.